The number of aryl methyl sites for hydroxylation is 2. The second kappa shape index (κ2) is 7.64. The van der Waals surface area contributed by atoms with Crippen LogP contribution in [0.5, 0.6) is 0 Å². The van der Waals surface area contributed by atoms with Crippen LogP contribution in [0.25, 0.3) is 22.4 Å². The van der Waals surface area contributed by atoms with Crippen LogP contribution in [0.3, 0.4) is 0 Å². The van der Waals surface area contributed by atoms with Gasteiger partial charge >= 0.3 is 0 Å². The monoisotopic (exact) mass is 424 g/mol. The predicted octanol–water partition coefficient (Wildman–Crippen LogP) is 3.30. The minimum absolute atomic E-state index is 0.187. The Balaban J connectivity index is 1.87. The van der Waals surface area contributed by atoms with Crippen molar-refractivity contribution in [2.24, 2.45) is 0 Å². The summed E-state index contributed by atoms with van der Waals surface area (Å²) in [7, 11) is -3.44. The number of nitrogen functional groups attached to an aromatic ring is 1. The SMILES string of the molecule is CCc1nc(N)nc(-c2ccc(C3CC3)nc2)c1-c1cnc(C)c(NS(C)(=O)=O)c1. The third kappa shape index (κ3) is 4.25. The zero-order valence-electron chi connectivity index (χ0n) is 17.2. The summed E-state index contributed by atoms with van der Waals surface area (Å²) in [5.41, 5.74) is 11.8. The van der Waals surface area contributed by atoms with Gasteiger partial charge in [-0.1, -0.05) is 6.92 Å². The van der Waals surface area contributed by atoms with Crippen molar-refractivity contribution in [1.29, 1.82) is 0 Å². The van der Waals surface area contributed by atoms with Crippen LogP contribution in [0.2, 0.25) is 0 Å². The molecule has 3 N–H and O–H groups in total. The molecule has 0 atom stereocenters. The largest absolute Gasteiger partial charge is 0.368 e. The smallest absolute Gasteiger partial charge is 0.229 e. The molecule has 1 aliphatic rings. The molecule has 0 spiro atoms. The summed E-state index contributed by atoms with van der Waals surface area (Å²) >= 11 is 0. The number of pyridine rings is 2. The van der Waals surface area contributed by atoms with E-state index in [1.54, 1.807) is 19.2 Å². The van der Waals surface area contributed by atoms with Crippen LogP contribution in [-0.4, -0.2) is 34.6 Å². The molecule has 0 amide bonds. The van der Waals surface area contributed by atoms with Gasteiger partial charge in [0.25, 0.3) is 0 Å². The van der Waals surface area contributed by atoms with Crippen molar-refractivity contribution >= 4 is 21.7 Å². The van der Waals surface area contributed by atoms with E-state index in [1.165, 1.54) is 12.8 Å². The van der Waals surface area contributed by atoms with Gasteiger partial charge in [-0.05, 0) is 44.4 Å². The third-order valence-corrected chi connectivity index (χ3v) is 5.65. The number of sulfonamides is 1. The number of rotatable bonds is 6. The fourth-order valence-electron chi connectivity index (χ4n) is 3.43. The normalized spacial score (nSPS) is 14.0. The second-order valence-corrected chi connectivity index (χ2v) is 9.33. The molecule has 0 bridgehead atoms. The molecule has 0 unspecified atom stereocenters. The number of aromatic nitrogens is 4. The minimum Gasteiger partial charge on any atom is -0.368 e. The average Bonchev–Trinajstić information content (AvgIpc) is 3.53. The van der Waals surface area contributed by atoms with Crippen LogP contribution in [0, 0.1) is 6.92 Å². The van der Waals surface area contributed by atoms with Gasteiger partial charge in [0.1, 0.15) is 0 Å². The number of nitrogens with one attached hydrogen (secondary N) is 1. The molecule has 3 aromatic heterocycles. The first-order valence-corrected chi connectivity index (χ1v) is 11.7. The van der Waals surface area contributed by atoms with Gasteiger partial charge in [0.15, 0.2) is 0 Å². The maximum absolute atomic E-state index is 11.8. The van der Waals surface area contributed by atoms with E-state index in [-0.39, 0.29) is 5.95 Å². The van der Waals surface area contributed by atoms with Gasteiger partial charge in [-0.2, -0.15) is 0 Å². The molecule has 3 aromatic rings. The minimum atomic E-state index is -3.44. The fourth-order valence-corrected chi connectivity index (χ4v) is 4.04. The Hall–Kier alpha value is -3.07. The second-order valence-electron chi connectivity index (χ2n) is 7.58. The number of nitrogens with zero attached hydrogens (tertiary/aromatic N) is 4. The van der Waals surface area contributed by atoms with Gasteiger partial charge < -0.3 is 5.73 Å². The number of nitrogens with two attached hydrogens (primary N) is 1. The van der Waals surface area contributed by atoms with Crippen LogP contribution >= 0.6 is 0 Å². The first-order chi connectivity index (χ1) is 14.2. The Morgan fingerprint density at radius 2 is 1.87 bits per heavy atom. The van der Waals surface area contributed by atoms with E-state index in [9.17, 15) is 8.42 Å². The van der Waals surface area contributed by atoms with E-state index < -0.39 is 10.0 Å². The maximum atomic E-state index is 11.8. The van der Waals surface area contributed by atoms with Gasteiger partial charge in [0, 0.05) is 40.7 Å². The molecule has 1 saturated carbocycles. The molecule has 9 heteroatoms. The van der Waals surface area contributed by atoms with E-state index in [4.69, 9.17) is 5.73 Å². The Morgan fingerprint density at radius 3 is 2.47 bits per heavy atom. The molecule has 0 aromatic carbocycles. The Labute approximate surface area is 176 Å². The number of anilines is 2. The lowest BCUT2D eigenvalue weighted by atomic mass is 9.97. The van der Waals surface area contributed by atoms with Crippen molar-refractivity contribution < 1.29 is 8.42 Å². The van der Waals surface area contributed by atoms with Gasteiger partial charge in [0.2, 0.25) is 16.0 Å². The predicted molar refractivity (Wildman–Crippen MR) is 117 cm³/mol. The summed E-state index contributed by atoms with van der Waals surface area (Å²) in [6, 6.07) is 5.79. The molecule has 0 saturated heterocycles. The molecule has 8 nitrogen and oxygen atoms in total. The summed E-state index contributed by atoms with van der Waals surface area (Å²) in [6.07, 6.45) is 7.63. The molecule has 30 heavy (non-hydrogen) atoms. The maximum Gasteiger partial charge on any atom is 0.229 e. The third-order valence-electron chi connectivity index (χ3n) is 5.06. The molecule has 1 fully saturated rings. The highest BCUT2D eigenvalue weighted by atomic mass is 32.2. The first-order valence-electron chi connectivity index (χ1n) is 9.82. The summed E-state index contributed by atoms with van der Waals surface area (Å²) in [4.78, 5) is 17.9. The van der Waals surface area contributed by atoms with Crippen LogP contribution in [0.4, 0.5) is 11.6 Å². The van der Waals surface area contributed by atoms with E-state index >= 15 is 0 Å². The highest BCUT2D eigenvalue weighted by molar-refractivity contribution is 7.92. The van der Waals surface area contributed by atoms with Crippen molar-refractivity contribution in [2.75, 3.05) is 16.7 Å². The Kier molecular flexibility index (Phi) is 5.15. The lowest BCUT2D eigenvalue weighted by molar-refractivity contribution is 0.606. The zero-order chi connectivity index (χ0) is 21.5. The van der Waals surface area contributed by atoms with Crippen molar-refractivity contribution in [1.82, 2.24) is 19.9 Å². The summed E-state index contributed by atoms with van der Waals surface area (Å²) in [5.74, 6) is 0.748. The molecule has 0 radical (unpaired) electrons. The Morgan fingerprint density at radius 1 is 1.13 bits per heavy atom. The molecule has 4 rings (SSSR count). The number of hydrogen-bond donors (Lipinski definition) is 2. The zero-order valence-corrected chi connectivity index (χ0v) is 18.0. The lowest BCUT2D eigenvalue weighted by Gasteiger charge is -2.16. The van der Waals surface area contributed by atoms with Gasteiger partial charge in [-0.25, -0.2) is 18.4 Å². The molecular weight excluding hydrogens is 400 g/mol. The van der Waals surface area contributed by atoms with Crippen LogP contribution in [0.15, 0.2) is 30.6 Å². The van der Waals surface area contributed by atoms with Crippen LogP contribution in [0.1, 0.15) is 42.8 Å². The van der Waals surface area contributed by atoms with E-state index in [1.807, 2.05) is 25.3 Å². The van der Waals surface area contributed by atoms with E-state index in [2.05, 4.69) is 24.7 Å². The molecule has 156 valence electrons. The van der Waals surface area contributed by atoms with E-state index in [0.717, 1.165) is 28.8 Å². The molecule has 3 heterocycles. The van der Waals surface area contributed by atoms with Crippen LogP contribution in [-0.2, 0) is 16.4 Å². The van der Waals surface area contributed by atoms with Gasteiger partial charge in [-0.3, -0.25) is 14.7 Å². The first kappa shape index (κ1) is 20.2. The van der Waals surface area contributed by atoms with Gasteiger partial charge in [0.05, 0.1) is 29.0 Å². The average molecular weight is 425 g/mol. The summed E-state index contributed by atoms with van der Waals surface area (Å²) < 4.78 is 26.0. The highest BCUT2D eigenvalue weighted by Gasteiger charge is 2.25. The van der Waals surface area contributed by atoms with Crippen molar-refractivity contribution in [3.05, 3.63) is 47.7 Å². The van der Waals surface area contributed by atoms with Crippen molar-refractivity contribution in [2.45, 2.75) is 39.0 Å². The molecule has 0 aliphatic heterocycles. The standard InChI is InChI=1S/C21H24N6O2S/c1-4-16-19(15-9-18(12(2)23-11-15)27-30(3,28)29)20(26-21(22)25-16)14-7-8-17(24-10-14)13-5-6-13/h7-11,13,27H,4-6H2,1-3H3,(H2,22,25,26). The number of hydrogen-bond acceptors (Lipinski definition) is 7. The summed E-state index contributed by atoms with van der Waals surface area (Å²) in [5, 5.41) is 0. The lowest BCUT2D eigenvalue weighted by Crippen LogP contribution is -2.11. The molecule has 1 aliphatic carbocycles. The Bertz CT molecular complexity index is 1200. The quantitative estimate of drug-likeness (QED) is 0.622. The topological polar surface area (TPSA) is 124 Å². The van der Waals surface area contributed by atoms with E-state index in [0.29, 0.717) is 35.0 Å². The van der Waals surface area contributed by atoms with Crippen LogP contribution < -0.4 is 10.5 Å². The highest BCUT2D eigenvalue weighted by Crippen LogP contribution is 2.40. The summed E-state index contributed by atoms with van der Waals surface area (Å²) in [6.45, 7) is 3.74. The molecular formula is C21H24N6O2S. The van der Waals surface area contributed by atoms with Crippen molar-refractivity contribution in [3.63, 3.8) is 0 Å². The van der Waals surface area contributed by atoms with Gasteiger partial charge in [-0.15, -0.1) is 0 Å². The van der Waals surface area contributed by atoms with Crippen molar-refractivity contribution in [3.8, 4) is 22.4 Å². The fraction of sp³-hybridized carbons (Fsp3) is 0.333.